The zero-order chi connectivity index (χ0) is 22.5. The topological polar surface area (TPSA) is 74.3 Å². The van der Waals surface area contributed by atoms with E-state index in [9.17, 15) is 9.59 Å². The Morgan fingerprint density at radius 1 is 0.969 bits per heavy atom. The van der Waals surface area contributed by atoms with Gasteiger partial charge >= 0.3 is 11.8 Å². The number of pyridine rings is 1. The van der Waals surface area contributed by atoms with Crippen LogP contribution in [-0.4, -0.2) is 34.8 Å². The Morgan fingerprint density at radius 2 is 1.72 bits per heavy atom. The Morgan fingerprint density at radius 3 is 2.44 bits per heavy atom. The summed E-state index contributed by atoms with van der Waals surface area (Å²) in [6.45, 7) is 5.81. The molecule has 164 valence electrons. The Labute approximate surface area is 188 Å². The highest BCUT2D eigenvalue weighted by atomic mass is 16.2. The van der Waals surface area contributed by atoms with Gasteiger partial charge in [0.1, 0.15) is 0 Å². The summed E-state index contributed by atoms with van der Waals surface area (Å²) in [5, 5.41) is 5.60. The summed E-state index contributed by atoms with van der Waals surface area (Å²) in [6, 6.07) is 18.0. The summed E-state index contributed by atoms with van der Waals surface area (Å²) < 4.78 is 0. The molecular weight excluding hydrogens is 400 g/mol. The zero-order valence-electron chi connectivity index (χ0n) is 18.5. The second kappa shape index (κ2) is 9.75. The number of nitrogens with one attached hydrogen (secondary N) is 2. The fourth-order valence-corrected chi connectivity index (χ4v) is 4.27. The van der Waals surface area contributed by atoms with E-state index in [2.05, 4.69) is 44.8 Å². The van der Waals surface area contributed by atoms with Crippen molar-refractivity contribution >= 4 is 17.5 Å². The third kappa shape index (κ3) is 4.86. The van der Waals surface area contributed by atoms with Gasteiger partial charge in [0.05, 0.1) is 6.04 Å². The first-order chi connectivity index (χ1) is 15.5. The lowest BCUT2D eigenvalue weighted by atomic mass is 9.97. The Hall–Kier alpha value is -3.51. The number of nitrogens with zero attached hydrogens (tertiary/aromatic N) is 2. The number of hydrogen-bond donors (Lipinski definition) is 2. The zero-order valence-corrected chi connectivity index (χ0v) is 18.5. The number of carbonyl (C=O) groups is 2. The van der Waals surface area contributed by atoms with Crippen LogP contribution in [0.15, 0.2) is 67.0 Å². The van der Waals surface area contributed by atoms with Gasteiger partial charge in [-0.2, -0.15) is 0 Å². The molecule has 2 N–H and O–H groups in total. The molecule has 2 amide bonds. The molecule has 4 rings (SSSR count). The Balaban J connectivity index is 1.46. The van der Waals surface area contributed by atoms with Crippen LogP contribution in [-0.2, 0) is 22.6 Å². The maximum atomic E-state index is 12.6. The summed E-state index contributed by atoms with van der Waals surface area (Å²) in [7, 11) is 0. The molecule has 1 atom stereocenters. The molecule has 2 aromatic carbocycles. The number of fused-ring (bicyclic) bond motifs is 1. The highest BCUT2D eigenvalue weighted by Gasteiger charge is 2.26. The molecule has 0 bridgehead atoms. The van der Waals surface area contributed by atoms with E-state index in [-0.39, 0.29) is 6.04 Å². The summed E-state index contributed by atoms with van der Waals surface area (Å²) in [4.78, 5) is 31.8. The van der Waals surface area contributed by atoms with Crippen molar-refractivity contribution in [2.45, 2.75) is 32.9 Å². The first-order valence-corrected chi connectivity index (χ1v) is 10.9. The number of para-hydroxylation sites is 1. The highest BCUT2D eigenvalue weighted by Crippen LogP contribution is 2.27. The molecule has 2 heterocycles. The standard InChI is InChI=1S/C26H28N4O2/c1-18-7-5-8-19(2)24(18)29-26(32)25(31)28-16-23(21-11-6-13-27-15-21)30-14-12-20-9-3-4-10-22(20)17-30/h3-11,13,15,23H,12,14,16-17H2,1-2H3,(H,28,31)(H,29,32). The third-order valence-corrected chi connectivity index (χ3v) is 6.05. The molecule has 6 heteroatoms. The molecular formula is C26H28N4O2. The molecule has 1 aliphatic heterocycles. The summed E-state index contributed by atoms with van der Waals surface area (Å²) in [5.74, 6) is -1.30. The van der Waals surface area contributed by atoms with Gasteiger partial charge in [0.2, 0.25) is 0 Å². The van der Waals surface area contributed by atoms with Gasteiger partial charge in [0.25, 0.3) is 0 Å². The lowest BCUT2D eigenvalue weighted by Gasteiger charge is -2.35. The minimum Gasteiger partial charge on any atom is -0.346 e. The minimum atomic E-state index is -0.656. The molecule has 0 fully saturated rings. The molecule has 32 heavy (non-hydrogen) atoms. The van der Waals surface area contributed by atoms with Gasteiger partial charge in [0, 0.05) is 37.7 Å². The number of anilines is 1. The first-order valence-electron chi connectivity index (χ1n) is 10.9. The van der Waals surface area contributed by atoms with Gasteiger partial charge in [-0.3, -0.25) is 19.5 Å². The Kier molecular flexibility index (Phi) is 6.61. The SMILES string of the molecule is Cc1cccc(C)c1NC(=O)C(=O)NCC(c1cccnc1)N1CCc2ccccc2C1. The lowest BCUT2D eigenvalue weighted by Crippen LogP contribution is -2.43. The fraction of sp³-hybridized carbons (Fsp3) is 0.269. The molecule has 6 nitrogen and oxygen atoms in total. The van der Waals surface area contributed by atoms with Crippen molar-refractivity contribution in [3.05, 3.63) is 94.8 Å². The van der Waals surface area contributed by atoms with Crippen LogP contribution in [0.3, 0.4) is 0 Å². The average Bonchev–Trinajstić information content (AvgIpc) is 2.82. The smallest absolute Gasteiger partial charge is 0.313 e. The van der Waals surface area contributed by atoms with Crippen molar-refractivity contribution in [3.8, 4) is 0 Å². The van der Waals surface area contributed by atoms with Crippen molar-refractivity contribution in [3.63, 3.8) is 0 Å². The van der Waals surface area contributed by atoms with Crippen LogP contribution < -0.4 is 10.6 Å². The van der Waals surface area contributed by atoms with Crippen molar-refractivity contribution in [2.24, 2.45) is 0 Å². The molecule has 1 aromatic heterocycles. The van der Waals surface area contributed by atoms with E-state index in [1.54, 1.807) is 6.20 Å². The van der Waals surface area contributed by atoms with Crippen LogP contribution in [0.2, 0.25) is 0 Å². The van der Waals surface area contributed by atoms with E-state index < -0.39 is 11.8 Å². The number of amides is 2. The van der Waals surface area contributed by atoms with Gasteiger partial charge < -0.3 is 10.6 Å². The van der Waals surface area contributed by atoms with Crippen LogP contribution >= 0.6 is 0 Å². The van der Waals surface area contributed by atoms with E-state index in [0.717, 1.165) is 36.2 Å². The lowest BCUT2D eigenvalue weighted by molar-refractivity contribution is -0.136. The molecule has 0 radical (unpaired) electrons. The van der Waals surface area contributed by atoms with Crippen LogP contribution in [0, 0.1) is 13.8 Å². The Bertz CT molecular complexity index is 1090. The van der Waals surface area contributed by atoms with Gasteiger partial charge in [-0.25, -0.2) is 0 Å². The molecule has 1 unspecified atom stereocenters. The largest absolute Gasteiger partial charge is 0.346 e. The third-order valence-electron chi connectivity index (χ3n) is 6.05. The summed E-state index contributed by atoms with van der Waals surface area (Å²) in [6.07, 6.45) is 4.52. The summed E-state index contributed by atoms with van der Waals surface area (Å²) in [5.41, 5.74) is 6.21. The number of hydrogen-bond acceptors (Lipinski definition) is 4. The molecule has 3 aromatic rings. The predicted octanol–water partition coefficient (Wildman–Crippen LogP) is 3.55. The van der Waals surface area contributed by atoms with Gasteiger partial charge in [-0.15, -0.1) is 0 Å². The maximum absolute atomic E-state index is 12.6. The highest BCUT2D eigenvalue weighted by molar-refractivity contribution is 6.39. The van der Waals surface area contributed by atoms with Gasteiger partial charge in [0.15, 0.2) is 0 Å². The number of rotatable bonds is 5. The van der Waals surface area contributed by atoms with Gasteiger partial charge in [-0.05, 0) is 54.2 Å². The molecule has 0 aliphatic carbocycles. The van der Waals surface area contributed by atoms with Crippen molar-refractivity contribution in [1.82, 2.24) is 15.2 Å². The number of aryl methyl sites for hydroxylation is 2. The first kappa shape index (κ1) is 21.7. The van der Waals surface area contributed by atoms with Crippen LogP contribution in [0.4, 0.5) is 5.69 Å². The summed E-state index contributed by atoms with van der Waals surface area (Å²) >= 11 is 0. The quantitative estimate of drug-likeness (QED) is 0.610. The number of aromatic nitrogens is 1. The molecule has 0 saturated heterocycles. The minimum absolute atomic E-state index is 0.0750. The number of carbonyl (C=O) groups excluding carboxylic acids is 2. The maximum Gasteiger partial charge on any atom is 0.313 e. The van der Waals surface area contributed by atoms with Crippen LogP contribution in [0.25, 0.3) is 0 Å². The molecule has 0 saturated carbocycles. The molecule has 1 aliphatic rings. The normalized spacial score (nSPS) is 14.3. The van der Waals surface area contributed by atoms with Crippen molar-refractivity contribution in [1.29, 1.82) is 0 Å². The average molecular weight is 429 g/mol. The van der Waals surface area contributed by atoms with E-state index in [1.807, 2.05) is 50.4 Å². The predicted molar refractivity (Wildman–Crippen MR) is 125 cm³/mol. The second-order valence-electron chi connectivity index (χ2n) is 8.22. The van der Waals surface area contributed by atoms with Crippen LogP contribution in [0.5, 0.6) is 0 Å². The number of benzene rings is 2. The van der Waals surface area contributed by atoms with Crippen molar-refractivity contribution < 1.29 is 9.59 Å². The monoisotopic (exact) mass is 428 g/mol. The van der Waals surface area contributed by atoms with E-state index >= 15 is 0 Å². The van der Waals surface area contributed by atoms with Crippen LogP contribution in [0.1, 0.15) is 33.9 Å². The van der Waals surface area contributed by atoms with Gasteiger partial charge in [-0.1, -0.05) is 48.5 Å². The van der Waals surface area contributed by atoms with Crippen molar-refractivity contribution in [2.75, 3.05) is 18.4 Å². The second-order valence-corrected chi connectivity index (χ2v) is 8.22. The van der Waals surface area contributed by atoms with E-state index in [4.69, 9.17) is 0 Å². The molecule has 0 spiro atoms. The van der Waals surface area contributed by atoms with E-state index in [1.165, 1.54) is 11.1 Å². The fourth-order valence-electron chi connectivity index (χ4n) is 4.27. The van der Waals surface area contributed by atoms with E-state index in [0.29, 0.717) is 12.2 Å².